The van der Waals surface area contributed by atoms with E-state index >= 15 is 0 Å². The maximum atomic E-state index is 12.5. The van der Waals surface area contributed by atoms with Crippen LogP contribution in [0, 0.1) is 12.8 Å². The number of carbonyl (C=O) groups is 1. The molecule has 1 fully saturated rings. The van der Waals surface area contributed by atoms with Gasteiger partial charge in [-0.15, -0.1) is 11.3 Å². The number of carbonyl (C=O) groups excluding carboxylic acids is 1. The fourth-order valence-corrected chi connectivity index (χ4v) is 3.67. The smallest absolute Gasteiger partial charge is 0.264 e. The molecule has 3 rings (SSSR count). The lowest BCUT2D eigenvalue weighted by Gasteiger charge is -2.24. The van der Waals surface area contributed by atoms with E-state index in [4.69, 9.17) is 0 Å². The van der Waals surface area contributed by atoms with Crippen molar-refractivity contribution in [3.63, 3.8) is 0 Å². The first-order valence-electron chi connectivity index (χ1n) is 6.69. The second kappa shape index (κ2) is 4.34. The maximum absolute atomic E-state index is 12.5. The predicted molar refractivity (Wildman–Crippen MR) is 77.6 cm³/mol. The van der Waals surface area contributed by atoms with Crippen molar-refractivity contribution in [1.82, 2.24) is 14.7 Å². The van der Waals surface area contributed by atoms with E-state index in [0.717, 1.165) is 20.8 Å². The molecule has 102 valence electrons. The zero-order valence-corrected chi connectivity index (χ0v) is 12.6. The minimum atomic E-state index is 0.139. The van der Waals surface area contributed by atoms with E-state index in [2.05, 4.69) is 12.0 Å². The molecule has 2 heterocycles. The molecule has 0 bridgehead atoms. The molecule has 1 saturated carbocycles. The molecule has 2 aromatic heterocycles. The summed E-state index contributed by atoms with van der Waals surface area (Å²) in [5, 5.41) is 5.47. The zero-order chi connectivity index (χ0) is 13.7. The number of hydrogen-bond donors (Lipinski definition) is 0. The summed E-state index contributed by atoms with van der Waals surface area (Å²) in [6, 6.07) is 2.33. The molecule has 0 spiro atoms. The highest BCUT2D eigenvalue weighted by Crippen LogP contribution is 2.36. The Bertz CT molecular complexity index is 604. The Morgan fingerprint density at radius 1 is 1.58 bits per heavy atom. The molecule has 0 saturated heterocycles. The molecular weight excluding hydrogens is 258 g/mol. The molecule has 1 aliphatic rings. The fourth-order valence-electron chi connectivity index (χ4n) is 2.56. The average Bonchev–Trinajstić information content (AvgIpc) is 3.07. The van der Waals surface area contributed by atoms with Crippen LogP contribution in [-0.2, 0) is 7.05 Å². The van der Waals surface area contributed by atoms with Crippen LogP contribution in [0.25, 0.3) is 10.2 Å². The van der Waals surface area contributed by atoms with E-state index in [-0.39, 0.29) is 5.91 Å². The first kappa shape index (κ1) is 12.7. The summed E-state index contributed by atoms with van der Waals surface area (Å²) in [4.78, 5) is 16.3. The normalized spacial score (nSPS) is 16.8. The Hall–Kier alpha value is -1.36. The summed E-state index contributed by atoms with van der Waals surface area (Å²) < 4.78 is 1.86. The van der Waals surface area contributed by atoms with Gasteiger partial charge in [0.15, 0.2) is 0 Å². The van der Waals surface area contributed by atoms with Gasteiger partial charge in [0.05, 0.1) is 10.6 Å². The third-order valence-corrected chi connectivity index (χ3v) is 5.33. The Kier molecular flexibility index (Phi) is 2.89. The van der Waals surface area contributed by atoms with Crippen molar-refractivity contribution in [3.8, 4) is 0 Å². The van der Waals surface area contributed by atoms with Crippen LogP contribution in [0.3, 0.4) is 0 Å². The van der Waals surface area contributed by atoms with Crippen LogP contribution in [-0.4, -0.2) is 33.7 Å². The van der Waals surface area contributed by atoms with Gasteiger partial charge in [0.2, 0.25) is 0 Å². The number of thiophene rings is 1. The second-order valence-corrected chi connectivity index (χ2v) is 6.56. The predicted octanol–water partition coefficient (Wildman–Crippen LogP) is 2.81. The van der Waals surface area contributed by atoms with Crippen LogP contribution in [0.1, 0.15) is 35.1 Å². The van der Waals surface area contributed by atoms with Gasteiger partial charge >= 0.3 is 0 Å². The summed E-state index contributed by atoms with van der Waals surface area (Å²) in [5.74, 6) is 0.840. The van der Waals surface area contributed by atoms with E-state index in [9.17, 15) is 4.79 Å². The molecule has 4 nitrogen and oxygen atoms in total. The van der Waals surface area contributed by atoms with Gasteiger partial charge in [-0.1, -0.05) is 0 Å². The third-order valence-electron chi connectivity index (χ3n) is 4.14. The van der Waals surface area contributed by atoms with Crippen molar-refractivity contribution in [3.05, 3.63) is 16.6 Å². The van der Waals surface area contributed by atoms with E-state index in [0.29, 0.717) is 12.0 Å². The second-order valence-electron chi connectivity index (χ2n) is 5.53. The Balaban J connectivity index is 1.90. The molecule has 1 aliphatic carbocycles. The highest BCUT2D eigenvalue weighted by Gasteiger charge is 2.33. The molecule has 19 heavy (non-hydrogen) atoms. The standard InChI is InChI=1S/C14H19N3OS/c1-8-11-7-12(19-14(11)17(4)15-8)13(18)16(3)9(2)10-5-6-10/h7,9-10H,5-6H2,1-4H3. The number of fused-ring (bicyclic) bond motifs is 1. The minimum absolute atomic E-state index is 0.139. The van der Waals surface area contributed by atoms with Crippen LogP contribution in [0.5, 0.6) is 0 Å². The van der Waals surface area contributed by atoms with Crippen molar-refractivity contribution < 1.29 is 4.79 Å². The number of nitrogens with zero attached hydrogens (tertiary/aromatic N) is 3. The summed E-state index contributed by atoms with van der Waals surface area (Å²) in [6.07, 6.45) is 2.52. The lowest BCUT2D eigenvalue weighted by molar-refractivity contribution is 0.0732. The summed E-state index contributed by atoms with van der Waals surface area (Å²) >= 11 is 1.54. The lowest BCUT2D eigenvalue weighted by Crippen LogP contribution is -2.35. The number of aryl methyl sites for hydroxylation is 2. The third kappa shape index (κ3) is 2.06. The van der Waals surface area contributed by atoms with Crippen LogP contribution >= 0.6 is 11.3 Å². The molecule has 0 aliphatic heterocycles. The van der Waals surface area contributed by atoms with Crippen LogP contribution in [0.15, 0.2) is 6.07 Å². The Morgan fingerprint density at radius 3 is 2.84 bits per heavy atom. The van der Waals surface area contributed by atoms with Crippen molar-refractivity contribution >= 4 is 27.5 Å². The van der Waals surface area contributed by atoms with E-state index in [1.807, 2.05) is 36.7 Å². The topological polar surface area (TPSA) is 38.1 Å². The first-order chi connectivity index (χ1) is 8.99. The molecule has 0 N–H and O–H groups in total. The van der Waals surface area contributed by atoms with Gasteiger partial charge in [-0.25, -0.2) is 0 Å². The molecule has 5 heteroatoms. The molecule has 0 aromatic carbocycles. The zero-order valence-electron chi connectivity index (χ0n) is 11.8. The van der Waals surface area contributed by atoms with Crippen molar-refractivity contribution in [2.75, 3.05) is 7.05 Å². The highest BCUT2D eigenvalue weighted by atomic mass is 32.1. The Labute approximate surface area is 117 Å². The van der Waals surface area contributed by atoms with Crippen LogP contribution < -0.4 is 0 Å². The largest absolute Gasteiger partial charge is 0.338 e. The van der Waals surface area contributed by atoms with Crippen LogP contribution in [0.2, 0.25) is 0 Å². The van der Waals surface area contributed by atoms with E-state index in [1.165, 1.54) is 24.2 Å². The number of aromatic nitrogens is 2. The minimum Gasteiger partial charge on any atom is -0.338 e. The number of rotatable bonds is 3. The van der Waals surface area contributed by atoms with Gasteiger partial charge in [0, 0.05) is 25.5 Å². The summed E-state index contributed by atoms with van der Waals surface area (Å²) in [6.45, 7) is 4.13. The fraction of sp³-hybridized carbons (Fsp3) is 0.571. The first-order valence-corrected chi connectivity index (χ1v) is 7.51. The highest BCUT2D eigenvalue weighted by molar-refractivity contribution is 7.20. The van der Waals surface area contributed by atoms with E-state index < -0.39 is 0 Å². The lowest BCUT2D eigenvalue weighted by atomic mass is 10.2. The Morgan fingerprint density at radius 2 is 2.26 bits per heavy atom. The van der Waals surface area contributed by atoms with Gasteiger partial charge in [-0.05, 0) is 38.7 Å². The number of amides is 1. The molecule has 0 radical (unpaired) electrons. The molecule has 2 aromatic rings. The molecule has 1 amide bonds. The average molecular weight is 277 g/mol. The SMILES string of the molecule is Cc1nn(C)c2sc(C(=O)N(C)C(C)C3CC3)cc12. The molecule has 1 atom stereocenters. The van der Waals surface area contributed by atoms with E-state index in [1.54, 1.807) is 0 Å². The van der Waals surface area contributed by atoms with Gasteiger partial charge in [0.25, 0.3) is 5.91 Å². The van der Waals surface area contributed by atoms with Crippen LogP contribution in [0.4, 0.5) is 0 Å². The molecular formula is C14H19N3OS. The quantitative estimate of drug-likeness (QED) is 0.865. The van der Waals surface area contributed by atoms with Crippen molar-refractivity contribution in [2.24, 2.45) is 13.0 Å². The van der Waals surface area contributed by atoms with Crippen molar-refractivity contribution in [1.29, 1.82) is 0 Å². The monoisotopic (exact) mass is 277 g/mol. The summed E-state index contributed by atoms with van der Waals surface area (Å²) in [7, 11) is 3.84. The number of hydrogen-bond acceptors (Lipinski definition) is 3. The van der Waals surface area contributed by atoms with Gasteiger partial charge in [-0.3, -0.25) is 9.48 Å². The van der Waals surface area contributed by atoms with Gasteiger partial charge in [0.1, 0.15) is 4.83 Å². The van der Waals surface area contributed by atoms with Gasteiger partial charge < -0.3 is 4.90 Å². The molecule has 1 unspecified atom stereocenters. The van der Waals surface area contributed by atoms with Crippen molar-refractivity contribution in [2.45, 2.75) is 32.7 Å². The maximum Gasteiger partial charge on any atom is 0.264 e. The van der Waals surface area contributed by atoms with Gasteiger partial charge in [-0.2, -0.15) is 5.10 Å². The summed E-state index contributed by atoms with van der Waals surface area (Å²) in [5.41, 5.74) is 0.991.